The molecule has 6 heteroatoms. The molecule has 0 bridgehead atoms. The summed E-state index contributed by atoms with van der Waals surface area (Å²) in [6, 6.07) is 0. The molecule has 108 valence electrons. The van der Waals surface area contributed by atoms with Crippen LogP contribution in [0.2, 0.25) is 0 Å². The van der Waals surface area contributed by atoms with E-state index in [0.29, 0.717) is 4.90 Å². The molecule has 1 heterocycles. The Morgan fingerprint density at radius 2 is 1.32 bits per heavy atom. The number of imide groups is 3. The van der Waals surface area contributed by atoms with Crippen LogP contribution in [0.15, 0.2) is 0 Å². The molecule has 3 amide bonds. The molecule has 0 aliphatic carbocycles. The van der Waals surface area contributed by atoms with Crippen LogP contribution in [-0.4, -0.2) is 44.0 Å². The summed E-state index contributed by atoms with van der Waals surface area (Å²) >= 11 is 0. The lowest BCUT2D eigenvalue weighted by Crippen LogP contribution is -2.74. The molecule has 1 aliphatic rings. The predicted molar refractivity (Wildman–Crippen MR) is 68.1 cm³/mol. The van der Waals surface area contributed by atoms with Crippen LogP contribution in [0.4, 0.5) is 0 Å². The molecule has 0 aromatic heterocycles. The van der Waals surface area contributed by atoms with Crippen molar-refractivity contribution >= 4 is 17.7 Å². The van der Waals surface area contributed by atoms with Gasteiger partial charge >= 0.3 is 0 Å². The van der Waals surface area contributed by atoms with E-state index in [-0.39, 0.29) is 0 Å². The van der Waals surface area contributed by atoms with Gasteiger partial charge in [0.2, 0.25) is 5.91 Å². The number of rotatable bonds is 0. The maximum absolute atomic E-state index is 12.3. The maximum Gasteiger partial charge on any atom is 0.258 e. The number of amides is 3. The van der Waals surface area contributed by atoms with Crippen molar-refractivity contribution in [3.05, 3.63) is 0 Å². The van der Waals surface area contributed by atoms with E-state index in [1.165, 1.54) is 27.7 Å². The SMILES string of the molecule is CC(C)(C)C(=O)N1C(=O)C(C)(C)N(O)C(C)(C)C1=O. The number of hydrogen-bond donors (Lipinski definition) is 1. The van der Waals surface area contributed by atoms with Gasteiger partial charge in [0.1, 0.15) is 11.1 Å². The smallest absolute Gasteiger partial charge is 0.258 e. The van der Waals surface area contributed by atoms with Crippen molar-refractivity contribution < 1.29 is 19.6 Å². The lowest BCUT2D eigenvalue weighted by Gasteiger charge is -2.49. The quantitative estimate of drug-likeness (QED) is 0.669. The van der Waals surface area contributed by atoms with E-state index in [1.54, 1.807) is 20.8 Å². The first-order chi connectivity index (χ1) is 8.25. The van der Waals surface area contributed by atoms with Gasteiger partial charge in [0.25, 0.3) is 11.8 Å². The molecule has 1 rings (SSSR count). The summed E-state index contributed by atoms with van der Waals surface area (Å²) in [5.74, 6) is -1.98. The number of hydrogen-bond acceptors (Lipinski definition) is 5. The van der Waals surface area contributed by atoms with E-state index in [1.807, 2.05) is 0 Å². The minimum absolute atomic E-state index is 0.559. The highest BCUT2D eigenvalue weighted by Gasteiger charge is 2.58. The van der Waals surface area contributed by atoms with Crippen LogP contribution < -0.4 is 0 Å². The Bertz CT molecular complexity index is 418. The molecule has 0 saturated carbocycles. The summed E-state index contributed by atoms with van der Waals surface area (Å²) in [5.41, 5.74) is -3.52. The lowest BCUT2D eigenvalue weighted by molar-refractivity contribution is -0.241. The normalized spacial score (nSPS) is 23.7. The van der Waals surface area contributed by atoms with Crippen molar-refractivity contribution in [2.75, 3.05) is 0 Å². The van der Waals surface area contributed by atoms with Gasteiger partial charge in [-0.2, -0.15) is 5.06 Å². The minimum Gasteiger partial charge on any atom is -0.312 e. The second-order valence-electron chi connectivity index (χ2n) is 6.93. The zero-order chi connectivity index (χ0) is 15.4. The second kappa shape index (κ2) is 4.11. The molecular weight excluding hydrogens is 248 g/mol. The van der Waals surface area contributed by atoms with E-state index in [9.17, 15) is 19.6 Å². The maximum atomic E-state index is 12.3. The van der Waals surface area contributed by atoms with Crippen molar-refractivity contribution in [3.8, 4) is 0 Å². The molecule has 0 atom stereocenters. The summed E-state index contributed by atoms with van der Waals surface area (Å²) in [7, 11) is 0. The Morgan fingerprint density at radius 1 is 1.00 bits per heavy atom. The molecule has 1 saturated heterocycles. The Balaban J connectivity index is 3.38. The van der Waals surface area contributed by atoms with Crippen LogP contribution in [0.5, 0.6) is 0 Å². The van der Waals surface area contributed by atoms with Crippen LogP contribution in [0.25, 0.3) is 0 Å². The summed E-state index contributed by atoms with van der Waals surface area (Å²) < 4.78 is 0. The summed E-state index contributed by atoms with van der Waals surface area (Å²) in [6.07, 6.45) is 0. The van der Waals surface area contributed by atoms with E-state index in [2.05, 4.69) is 0 Å². The van der Waals surface area contributed by atoms with Gasteiger partial charge in [0, 0.05) is 5.41 Å². The van der Waals surface area contributed by atoms with Crippen LogP contribution >= 0.6 is 0 Å². The number of nitrogens with zero attached hydrogens (tertiary/aromatic N) is 2. The van der Waals surface area contributed by atoms with Crippen LogP contribution in [0.1, 0.15) is 48.5 Å². The van der Waals surface area contributed by atoms with E-state index < -0.39 is 34.2 Å². The van der Waals surface area contributed by atoms with E-state index in [4.69, 9.17) is 0 Å². The molecule has 1 fully saturated rings. The average molecular weight is 270 g/mol. The summed E-state index contributed by atoms with van der Waals surface area (Å²) in [5, 5.41) is 10.8. The van der Waals surface area contributed by atoms with Crippen molar-refractivity contribution in [1.29, 1.82) is 0 Å². The molecule has 0 spiro atoms. The zero-order valence-corrected chi connectivity index (χ0v) is 12.6. The van der Waals surface area contributed by atoms with Gasteiger partial charge in [0.05, 0.1) is 0 Å². The lowest BCUT2D eigenvalue weighted by atomic mass is 9.86. The topological polar surface area (TPSA) is 77.9 Å². The number of carbonyl (C=O) groups excluding carboxylic acids is 3. The summed E-state index contributed by atoms with van der Waals surface area (Å²) in [6.45, 7) is 10.8. The van der Waals surface area contributed by atoms with Crippen molar-refractivity contribution in [1.82, 2.24) is 9.96 Å². The van der Waals surface area contributed by atoms with Crippen LogP contribution in [0, 0.1) is 5.41 Å². The highest BCUT2D eigenvalue weighted by molar-refractivity contribution is 6.18. The molecule has 19 heavy (non-hydrogen) atoms. The Kier molecular flexibility index (Phi) is 3.42. The van der Waals surface area contributed by atoms with Gasteiger partial charge in [-0.05, 0) is 27.7 Å². The number of carbonyl (C=O) groups is 3. The molecule has 0 radical (unpaired) electrons. The highest BCUT2D eigenvalue weighted by atomic mass is 16.5. The first-order valence-electron chi connectivity index (χ1n) is 6.18. The van der Waals surface area contributed by atoms with E-state index >= 15 is 0 Å². The van der Waals surface area contributed by atoms with Crippen molar-refractivity contribution in [3.63, 3.8) is 0 Å². The Hall–Kier alpha value is -1.27. The largest absolute Gasteiger partial charge is 0.312 e. The van der Waals surface area contributed by atoms with Crippen LogP contribution in [-0.2, 0) is 14.4 Å². The van der Waals surface area contributed by atoms with Gasteiger partial charge in [-0.15, -0.1) is 0 Å². The average Bonchev–Trinajstić information content (AvgIpc) is 2.24. The molecule has 0 aromatic carbocycles. The van der Waals surface area contributed by atoms with Gasteiger partial charge in [0.15, 0.2) is 0 Å². The molecular formula is C13H22N2O4. The first kappa shape index (κ1) is 15.8. The molecule has 0 unspecified atom stereocenters. The van der Waals surface area contributed by atoms with Gasteiger partial charge in [-0.25, -0.2) is 4.90 Å². The molecule has 1 N–H and O–H groups in total. The highest BCUT2D eigenvalue weighted by Crippen LogP contribution is 2.34. The third-order valence-electron chi connectivity index (χ3n) is 3.36. The van der Waals surface area contributed by atoms with Crippen molar-refractivity contribution in [2.24, 2.45) is 5.41 Å². The molecule has 6 nitrogen and oxygen atoms in total. The standard InChI is InChI=1S/C13H22N2O4/c1-11(2,3)8(16)14-9(17)12(4,5)15(19)13(6,7)10(14)18/h19H,1-7H3. The monoisotopic (exact) mass is 270 g/mol. The van der Waals surface area contributed by atoms with E-state index in [0.717, 1.165) is 5.06 Å². The van der Waals surface area contributed by atoms with Gasteiger partial charge in [-0.3, -0.25) is 14.4 Å². The third kappa shape index (κ3) is 2.19. The Labute approximate surface area is 113 Å². The Morgan fingerprint density at radius 3 is 1.58 bits per heavy atom. The third-order valence-corrected chi connectivity index (χ3v) is 3.36. The van der Waals surface area contributed by atoms with Crippen LogP contribution in [0.3, 0.4) is 0 Å². The fourth-order valence-corrected chi connectivity index (χ4v) is 2.04. The van der Waals surface area contributed by atoms with Crippen molar-refractivity contribution in [2.45, 2.75) is 59.5 Å². The summed E-state index contributed by atoms with van der Waals surface area (Å²) in [4.78, 5) is 37.6. The number of piperazine rings is 1. The fourth-order valence-electron chi connectivity index (χ4n) is 2.04. The first-order valence-corrected chi connectivity index (χ1v) is 6.18. The van der Waals surface area contributed by atoms with Gasteiger partial charge in [-0.1, -0.05) is 20.8 Å². The minimum atomic E-state index is -1.34. The fraction of sp³-hybridized carbons (Fsp3) is 0.769. The second-order valence-corrected chi connectivity index (χ2v) is 6.93. The molecule has 0 aromatic rings. The zero-order valence-electron chi connectivity index (χ0n) is 12.6. The molecule has 1 aliphatic heterocycles. The predicted octanol–water partition coefficient (Wildman–Crippen LogP) is 1.18. The number of hydroxylamine groups is 2. The van der Waals surface area contributed by atoms with Gasteiger partial charge < -0.3 is 5.21 Å².